The third-order valence-corrected chi connectivity index (χ3v) is 12.9. The van der Waals surface area contributed by atoms with Gasteiger partial charge in [0.05, 0.1) is 0 Å². The zero-order chi connectivity index (χ0) is 27.7. The third kappa shape index (κ3) is 3.06. The average Bonchev–Trinajstić information content (AvgIpc) is 3.35. The van der Waals surface area contributed by atoms with E-state index in [9.17, 15) is 0 Å². The molecule has 0 N–H and O–H groups in total. The summed E-state index contributed by atoms with van der Waals surface area (Å²) in [5.74, 6) is 0. The van der Waals surface area contributed by atoms with Crippen molar-refractivity contribution in [3.63, 3.8) is 0 Å². The van der Waals surface area contributed by atoms with Crippen LogP contribution in [0.1, 0.15) is 49.9 Å². The molecular formula is C38H29BS2. The van der Waals surface area contributed by atoms with Crippen LogP contribution in [-0.2, 0) is 10.8 Å². The van der Waals surface area contributed by atoms with Crippen LogP contribution >= 0.6 is 23.5 Å². The SMILES string of the molecule is CC1(C)C2=C(B3C4=C(Sc5cccc(c53)S2)C(C)(C)c2cc3c(-c5ccccc5)cccc3cc24)c2ccccc21. The van der Waals surface area contributed by atoms with E-state index in [1.165, 1.54) is 69.2 Å². The molecular weight excluding hydrogens is 531 g/mol. The van der Waals surface area contributed by atoms with E-state index in [-0.39, 0.29) is 17.5 Å². The van der Waals surface area contributed by atoms with Crippen molar-refractivity contribution in [3.8, 4) is 11.1 Å². The van der Waals surface area contributed by atoms with Gasteiger partial charge >= 0.3 is 0 Å². The van der Waals surface area contributed by atoms with Gasteiger partial charge in [-0.1, -0.05) is 141 Å². The third-order valence-electron chi connectivity index (χ3n) is 9.90. The summed E-state index contributed by atoms with van der Waals surface area (Å²) in [6.07, 6.45) is 0. The average molecular weight is 561 g/mol. The lowest BCUT2D eigenvalue weighted by atomic mass is 9.34. The molecule has 0 fully saturated rings. The minimum absolute atomic E-state index is 0.000519. The molecule has 2 aliphatic carbocycles. The molecule has 9 rings (SSSR count). The van der Waals surface area contributed by atoms with Crippen molar-refractivity contribution in [2.45, 2.75) is 48.3 Å². The molecule has 0 radical (unpaired) electrons. The first-order chi connectivity index (χ1) is 19.9. The molecule has 3 heteroatoms. The molecule has 0 aromatic heterocycles. The van der Waals surface area contributed by atoms with Crippen molar-refractivity contribution in [2.24, 2.45) is 0 Å². The van der Waals surface area contributed by atoms with E-state index in [1.807, 2.05) is 23.5 Å². The monoisotopic (exact) mass is 560 g/mol. The van der Waals surface area contributed by atoms with Gasteiger partial charge in [-0.2, -0.15) is 0 Å². The van der Waals surface area contributed by atoms with Gasteiger partial charge in [0.25, 0.3) is 0 Å². The lowest BCUT2D eigenvalue weighted by Gasteiger charge is -2.36. The quantitative estimate of drug-likeness (QED) is 0.187. The Morgan fingerprint density at radius 1 is 0.537 bits per heavy atom. The summed E-state index contributed by atoms with van der Waals surface area (Å²) in [7, 11) is 0. The Morgan fingerprint density at radius 2 is 1.15 bits per heavy atom. The van der Waals surface area contributed by atoms with E-state index >= 15 is 0 Å². The molecule has 5 aromatic rings. The summed E-state index contributed by atoms with van der Waals surface area (Å²) in [6.45, 7) is 10.0. The van der Waals surface area contributed by atoms with Crippen LogP contribution in [0.15, 0.2) is 123 Å². The Hall–Kier alpha value is -3.40. The van der Waals surface area contributed by atoms with E-state index in [2.05, 4.69) is 131 Å². The van der Waals surface area contributed by atoms with E-state index < -0.39 is 0 Å². The van der Waals surface area contributed by atoms with Crippen molar-refractivity contribution in [1.29, 1.82) is 0 Å². The molecule has 0 amide bonds. The fraction of sp³-hybridized carbons (Fsp3) is 0.158. The highest BCUT2D eigenvalue weighted by molar-refractivity contribution is 8.05. The van der Waals surface area contributed by atoms with E-state index in [0.717, 1.165) is 0 Å². The van der Waals surface area contributed by atoms with Crippen LogP contribution in [0.5, 0.6) is 0 Å². The fourth-order valence-electron chi connectivity index (χ4n) is 7.94. The molecule has 196 valence electrons. The number of allylic oxidation sites excluding steroid dienone is 2. The van der Waals surface area contributed by atoms with Crippen molar-refractivity contribution in [2.75, 3.05) is 0 Å². The normalized spacial score (nSPS) is 18.7. The molecule has 41 heavy (non-hydrogen) atoms. The highest BCUT2D eigenvalue weighted by Crippen LogP contribution is 2.63. The van der Waals surface area contributed by atoms with Crippen molar-refractivity contribution >= 4 is 57.4 Å². The Kier molecular flexibility index (Phi) is 4.80. The first-order valence-corrected chi connectivity index (χ1v) is 16.2. The second kappa shape index (κ2) is 8.12. The van der Waals surface area contributed by atoms with Crippen LogP contribution in [0.2, 0.25) is 0 Å². The lowest BCUT2D eigenvalue weighted by molar-refractivity contribution is 0.672. The molecule has 0 saturated heterocycles. The number of rotatable bonds is 1. The number of hydrogen-bond donors (Lipinski definition) is 0. The standard InChI is InChI=1S/C38H29BS2/c1-37(2)28-17-9-8-15-25(28)32-35(37)40-30-18-11-19-31-34(30)39(32)33-27-20-23-14-10-16-24(22-12-6-5-7-13-22)26(23)21-29(27)38(3,4)36(33)41-31/h5-21H,1-4H3. The van der Waals surface area contributed by atoms with Gasteiger partial charge in [0.1, 0.15) is 0 Å². The van der Waals surface area contributed by atoms with Gasteiger partial charge in [-0.05, 0) is 83.7 Å². The van der Waals surface area contributed by atoms with Crippen molar-refractivity contribution in [3.05, 3.63) is 135 Å². The van der Waals surface area contributed by atoms with Crippen LogP contribution in [0.4, 0.5) is 0 Å². The first kappa shape index (κ1) is 24.2. The van der Waals surface area contributed by atoms with Crippen LogP contribution < -0.4 is 5.46 Å². The Balaban J connectivity index is 1.35. The highest BCUT2D eigenvalue weighted by atomic mass is 32.2. The summed E-state index contributed by atoms with van der Waals surface area (Å²) < 4.78 is 0. The van der Waals surface area contributed by atoms with Crippen LogP contribution in [0.25, 0.3) is 32.8 Å². The Labute approximate surface area is 251 Å². The second-order valence-electron chi connectivity index (χ2n) is 12.9. The van der Waals surface area contributed by atoms with Crippen molar-refractivity contribution < 1.29 is 0 Å². The molecule has 0 nitrogen and oxygen atoms in total. The topological polar surface area (TPSA) is 0 Å². The maximum atomic E-state index is 2.52. The summed E-state index contributed by atoms with van der Waals surface area (Å²) in [4.78, 5) is 5.93. The summed E-state index contributed by atoms with van der Waals surface area (Å²) in [6, 6.07) is 38.9. The number of benzene rings is 5. The summed E-state index contributed by atoms with van der Waals surface area (Å²) >= 11 is 4.04. The number of fused-ring (bicyclic) bond motifs is 7. The van der Waals surface area contributed by atoms with Crippen LogP contribution in [0.3, 0.4) is 0 Å². The van der Waals surface area contributed by atoms with Crippen LogP contribution in [-0.4, -0.2) is 6.71 Å². The van der Waals surface area contributed by atoms with Crippen LogP contribution in [0, 0.1) is 0 Å². The second-order valence-corrected chi connectivity index (χ2v) is 15.0. The first-order valence-electron chi connectivity index (χ1n) is 14.6. The molecule has 4 aliphatic rings. The minimum Gasteiger partial charge on any atom is -0.0946 e. The molecule has 0 bridgehead atoms. The molecule has 0 spiro atoms. The molecule has 0 atom stereocenters. The van der Waals surface area contributed by atoms with Gasteiger partial charge in [-0.25, -0.2) is 0 Å². The zero-order valence-electron chi connectivity index (χ0n) is 23.7. The van der Waals surface area contributed by atoms with E-state index in [1.54, 1.807) is 10.9 Å². The van der Waals surface area contributed by atoms with Gasteiger partial charge in [0.15, 0.2) is 0 Å². The lowest BCUT2D eigenvalue weighted by Crippen LogP contribution is -2.41. The van der Waals surface area contributed by atoms with Gasteiger partial charge in [0, 0.05) is 20.6 Å². The minimum atomic E-state index is -0.0695. The smallest absolute Gasteiger partial charge is 0.0946 e. The predicted molar refractivity (Wildman–Crippen MR) is 179 cm³/mol. The maximum Gasteiger partial charge on any atom is 0.247 e. The van der Waals surface area contributed by atoms with Gasteiger partial charge < -0.3 is 0 Å². The molecule has 2 aliphatic heterocycles. The molecule has 5 aromatic carbocycles. The zero-order valence-corrected chi connectivity index (χ0v) is 25.3. The van der Waals surface area contributed by atoms with E-state index in [4.69, 9.17) is 0 Å². The molecule has 0 unspecified atom stereocenters. The van der Waals surface area contributed by atoms with Crippen molar-refractivity contribution in [1.82, 2.24) is 0 Å². The highest BCUT2D eigenvalue weighted by Gasteiger charge is 2.53. The molecule has 2 heterocycles. The largest absolute Gasteiger partial charge is 0.247 e. The summed E-state index contributed by atoms with van der Waals surface area (Å²) in [5, 5.41) is 2.67. The van der Waals surface area contributed by atoms with Gasteiger partial charge in [-0.15, -0.1) is 0 Å². The van der Waals surface area contributed by atoms with E-state index in [0.29, 0.717) is 0 Å². The summed E-state index contributed by atoms with van der Waals surface area (Å²) in [5.41, 5.74) is 13.0. The predicted octanol–water partition coefficient (Wildman–Crippen LogP) is 9.90. The Morgan fingerprint density at radius 3 is 1.90 bits per heavy atom. The molecule has 0 saturated carbocycles. The van der Waals surface area contributed by atoms with Gasteiger partial charge in [0.2, 0.25) is 6.71 Å². The van der Waals surface area contributed by atoms with Gasteiger partial charge in [-0.3, -0.25) is 0 Å². The number of thioether (sulfide) groups is 2. The maximum absolute atomic E-state index is 2.52. The number of hydrogen-bond acceptors (Lipinski definition) is 2. The Bertz CT molecular complexity index is 2040. The fourth-order valence-corrected chi connectivity index (χ4v) is 10.8.